The number of urea groups is 1. The topological polar surface area (TPSA) is 110 Å². The number of ether oxygens (including phenoxy) is 1. The molecule has 2 saturated heterocycles. The van der Waals surface area contributed by atoms with Crippen molar-refractivity contribution in [3.8, 4) is 0 Å². The van der Waals surface area contributed by atoms with E-state index in [9.17, 15) is 9.59 Å². The van der Waals surface area contributed by atoms with Gasteiger partial charge in [-0.05, 0) is 63.9 Å². The number of amides is 3. The Kier molecular flexibility index (Phi) is 5.47. The van der Waals surface area contributed by atoms with Crippen molar-refractivity contribution in [3.05, 3.63) is 47.7 Å². The molecule has 0 unspecified atom stereocenters. The van der Waals surface area contributed by atoms with Crippen molar-refractivity contribution in [1.82, 2.24) is 25.5 Å². The molecule has 2 saturated carbocycles. The molecule has 10 nitrogen and oxygen atoms in total. The number of nitrogens with one attached hydrogen (secondary N) is 1. The van der Waals surface area contributed by atoms with Crippen molar-refractivity contribution >= 4 is 12.1 Å². The molecule has 2 aliphatic carbocycles. The summed E-state index contributed by atoms with van der Waals surface area (Å²) in [5, 5.41) is 13.2. The Morgan fingerprint density at radius 3 is 2.58 bits per heavy atom. The number of hydroxylamine groups is 2. The molecular formula is C26H33N5O5. The average Bonchev–Trinajstić information content (AvgIpc) is 3.28. The van der Waals surface area contributed by atoms with Crippen LogP contribution in [-0.2, 0) is 16.2 Å². The van der Waals surface area contributed by atoms with E-state index >= 15 is 0 Å². The molecule has 4 aliphatic rings. The van der Waals surface area contributed by atoms with Gasteiger partial charge in [0.2, 0.25) is 11.8 Å². The highest BCUT2D eigenvalue weighted by molar-refractivity contribution is 5.77. The zero-order chi connectivity index (χ0) is 25.1. The summed E-state index contributed by atoms with van der Waals surface area (Å²) in [6, 6.07) is 9.61. The molecule has 0 radical (unpaired) electrons. The maximum atomic E-state index is 13.3. The summed E-state index contributed by atoms with van der Waals surface area (Å²) in [5.74, 6) is 1.16. The number of fused-ring (bicyclic) bond motifs is 3. The minimum atomic E-state index is -0.526. The Balaban J connectivity index is 1.09. The summed E-state index contributed by atoms with van der Waals surface area (Å²) >= 11 is 0. The lowest BCUT2D eigenvalue weighted by Gasteiger charge is -2.35. The molecule has 3 amide bonds. The van der Waals surface area contributed by atoms with Gasteiger partial charge in [0.25, 0.3) is 0 Å². The number of rotatable bonds is 6. The van der Waals surface area contributed by atoms with Crippen molar-refractivity contribution in [1.29, 1.82) is 0 Å². The largest absolute Gasteiger partial charge is 0.444 e. The SMILES string of the molecule is CC(C)(C)OC(=O)N[C@H]1C[C@H](c2nnc([C@@H]3CC4(CC4)[C@H]4CN3C(=O)N4OCc3ccccc3)o2)C1. The molecule has 1 aromatic carbocycles. The van der Waals surface area contributed by atoms with Crippen molar-refractivity contribution in [2.75, 3.05) is 6.54 Å². The predicted molar refractivity (Wildman–Crippen MR) is 127 cm³/mol. The Hall–Kier alpha value is -3.14. The van der Waals surface area contributed by atoms with E-state index in [0.717, 1.165) is 37.7 Å². The Morgan fingerprint density at radius 2 is 1.89 bits per heavy atom. The van der Waals surface area contributed by atoms with Crippen LogP contribution in [0.2, 0.25) is 0 Å². The average molecular weight is 496 g/mol. The van der Waals surface area contributed by atoms with Crippen molar-refractivity contribution < 1.29 is 23.6 Å². The second kappa shape index (κ2) is 8.47. The standard InChI is InChI=1S/C26H33N5O5/c1-25(2,3)36-23(32)27-18-11-17(12-18)21-28-29-22(35-21)19-13-26(9-10-26)20-14-30(19)24(33)31(20)34-15-16-7-5-4-6-8-16/h4-8,17-20H,9-15H2,1-3H3,(H,27,32)/t17-,18-,19-,20+/m0/s1. The fourth-order valence-corrected chi connectivity index (χ4v) is 5.67. The lowest BCUT2D eigenvalue weighted by molar-refractivity contribution is -0.153. The van der Waals surface area contributed by atoms with E-state index < -0.39 is 11.7 Å². The van der Waals surface area contributed by atoms with Gasteiger partial charge in [-0.2, -0.15) is 5.06 Å². The third-order valence-corrected chi connectivity index (χ3v) is 7.82. The van der Waals surface area contributed by atoms with E-state index in [1.807, 2.05) is 56.0 Å². The van der Waals surface area contributed by atoms with E-state index in [0.29, 0.717) is 24.9 Å². The summed E-state index contributed by atoms with van der Waals surface area (Å²) in [7, 11) is 0. The van der Waals surface area contributed by atoms with Gasteiger partial charge in [0.05, 0.1) is 6.04 Å². The molecule has 2 aromatic rings. The van der Waals surface area contributed by atoms with Crippen LogP contribution >= 0.6 is 0 Å². The molecule has 3 heterocycles. The first-order valence-electron chi connectivity index (χ1n) is 12.8. The minimum Gasteiger partial charge on any atom is -0.444 e. The van der Waals surface area contributed by atoms with E-state index in [4.69, 9.17) is 14.0 Å². The molecule has 4 fully saturated rings. The van der Waals surface area contributed by atoms with Crippen LogP contribution in [0.1, 0.15) is 82.2 Å². The fourth-order valence-electron chi connectivity index (χ4n) is 5.67. The third kappa shape index (κ3) is 4.31. The van der Waals surface area contributed by atoms with E-state index in [-0.39, 0.29) is 35.5 Å². The quantitative estimate of drug-likeness (QED) is 0.636. The normalized spacial score (nSPS) is 28.2. The summed E-state index contributed by atoms with van der Waals surface area (Å²) in [6.45, 7) is 6.50. The number of carbonyl (C=O) groups excluding carboxylic acids is 2. The molecule has 2 atom stereocenters. The first-order chi connectivity index (χ1) is 17.2. The highest BCUT2D eigenvalue weighted by Gasteiger charge is 2.64. The van der Waals surface area contributed by atoms with Gasteiger partial charge in [0.1, 0.15) is 18.2 Å². The van der Waals surface area contributed by atoms with Gasteiger partial charge < -0.3 is 19.4 Å². The highest BCUT2D eigenvalue weighted by atomic mass is 16.7. The maximum absolute atomic E-state index is 13.3. The summed E-state index contributed by atoms with van der Waals surface area (Å²) in [6.07, 6.45) is 3.99. The zero-order valence-electron chi connectivity index (χ0n) is 21.0. The van der Waals surface area contributed by atoms with Crippen LogP contribution in [-0.4, -0.2) is 56.5 Å². The van der Waals surface area contributed by atoms with Gasteiger partial charge in [-0.25, -0.2) is 9.59 Å². The number of alkyl carbamates (subject to hydrolysis) is 1. The van der Waals surface area contributed by atoms with E-state index in [1.165, 1.54) is 0 Å². The molecule has 10 heteroatoms. The molecule has 2 bridgehead atoms. The highest BCUT2D eigenvalue weighted by Crippen LogP contribution is 2.61. The van der Waals surface area contributed by atoms with Crippen molar-refractivity contribution in [2.45, 2.75) is 89.1 Å². The summed E-state index contributed by atoms with van der Waals surface area (Å²) in [4.78, 5) is 33.2. The van der Waals surface area contributed by atoms with Gasteiger partial charge in [-0.1, -0.05) is 30.3 Å². The Labute approximate surface area is 210 Å². The lowest BCUT2D eigenvalue weighted by atomic mass is 9.80. The van der Waals surface area contributed by atoms with Crippen LogP contribution in [0, 0.1) is 5.41 Å². The number of carbonyl (C=O) groups is 2. The fraction of sp³-hybridized carbons (Fsp3) is 0.615. The van der Waals surface area contributed by atoms with Crippen LogP contribution < -0.4 is 5.32 Å². The molecule has 2 aliphatic heterocycles. The zero-order valence-corrected chi connectivity index (χ0v) is 21.0. The van der Waals surface area contributed by atoms with Crippen LogP contribution in [0.3, 0.4) is 0 Å². The van der Waals surface area contributed by atoms with Crippen LogP contribution in [0.15, 0.2) is 34.7 Å². The smallest absolute Gasteiger partial charge is 0.407 e. The molecule has 36 heavy (non-hydrogen) atoms. The van der Waals surface area contributed by atoms with Crippen molar-refractivity contribution in [2.24, 2.45) is 5.41 Å². The molecule has 192 valence electrons. The van der Waals surface area contributed by atoms with Crippen LogP contribution in [0.4, 0.5) is 9.59 Å². The minimum absolute atomic E-state index is 0.0286. The Morgan fingerprint density at radius 1 is 1.17 bits per heavy atom. The second-order valence-corrected chi connectivity index (χ2v) is 11.6. The van der Waals surface area contributed by atoms with Crippen LogP contribution in [0.25, 0.3) is 0 Å². The van der Waals surface area contributed by atoms with Crippen LogP contribution in [0.5, 0.6) is 0 Å². The number of piperidine rings is 1. The first kappa shape index (κ1) is 23.3. The molecular weight excluding hydrogens is 462 g/mol. The van der Waals surface area contributed by atoms with Gasteiger partial charge in [0.15, 0.2) is 0 Å². The van der Waals surface area contributed by atoms with Gasteiger partial charge >= 0.3 is 12.1 Å². The number of aromatic nitrogens is 2. The molecule has 1 spiro atoms. The number of hydrogen-bond donors (Lipinski definition) is 1. The number of benzene rings is 1. The molecule has 1 N–H and O–H groups in total. The molecule has 1 aromatic heterocycles. The Bertz CT molecular complexity index is 1140. The first-order valence-corrected chi connectivity index (χ1v) is 12.8. The predicted octanol–water partition coefficient (Wildman–Crippen LogP) is 4.30. The van der Waals surface area contributed by atoms with Crippen molar-refractivity contribution in [3.63, 3.8) is 0 Å². The number of nitrogens with zero attached hydrogens (tertiary/aromatic N) is 4. The monoisotopic (exact) mass is 495 g/mol. The van der Waals surface area contributed by atoms with E-state index in [1.54, 1.807) is 5.06 Å². The lowest BCUT2D eigenvalue weighted by Crippen LogP contribution is -2.45. The second-order valence-electron chi connectivity index (χ2n) is 11.6. The van der Waals surface area contributed by atoms with Gasteiger partial charge in [-0.15, -0.1) is 10.2 Å². The third-order valence-electron chi connectivity index (χ3n) is 7.82. The summed E-state index contributed by atoms with van der Waals surface area (Å²) in [5.41, 5.74) is 0.559. The number of hydrogen-bond acceptors (Lipinski definition) is 7. The maximum Gasteiger partial charge on any atom is 0.407 e. The van der Waals surface area contributed by atoms with Gasteiger partial charge in [-0.3, -0.25) is 4.84 Å². The van der Waals surface area contributed by atoms with Gasteiger partial charge in [0, 0.05) is 18.5 Å². The van der Waals surface area contributed by atoms with E-state index in [2.05, 4.69) is 15.5 Å². The molecule has 6 rings (SSSR count). The summed E-state index contributed by atoms with van der Waals surface area (Å²) < 4.78 is 11.5.